The van der Waals surface area contributed by atoms with Crippen molar-refractivity contribution in [2.75, 3.05) is 0 Å². The summed E-state index contributed by atoms with van der Waals surface area (Å²) in [5, 5.41) is 10.5. The van der Waals surface area contributed by atoms with E-state index in [9.17, 15) is 5.11 Å². The molecule has 1 N–H and O–H groups in total. The number of rotatable bonds is 7. The first kappa shape index (κ1) is 19.4. The maximum Gasteiger partial charge on any atom is 0.625 e. The van der Waals surface area contributed by atoms with E-state index in [0.29, 0.717) is 5.92 Å². The molecule has 0 aromatic heterocycles. The van der Waals surface area contributed by atoms with Gasteiger partial charge < -0.3 is 14.4 Å². The van der Waals surface area contributed by atoms with Gasteiger partial charge in [0.15, 0.2) is 0 Å². The van der Waals surface area contributed by atoms with Crippen LogP contribution in [0.1, 0.15) is 41.0 Å². The minimum atomic E-state index is -0.458. The average molecular weight is 340 g/mol. The summed E-state index contributed by atoms with van der Waals surface area (Å²) < 4.78 is 11.4. The fourth-order valence-corrected chi connectivity index (χ4v) is 2.87. The second-order valence-electron chi connectivity index (χ2n) is 6.92. The van der Waals surface area contributed by atoms with E-state index >= 15 is 0 Å². The molecular formula is C21H29BO3. The third kappa shape index (κ3) is 5.53. The summed E-state index contributed by atoms with van der Waals surface area (Å²) in [6.45, 7) is 10.4. The minimum Gasteiger partial charge on any atom is -0.520 e. The van der Waals surface area contributed by atoms with Crippen molar-refractivity contribution in [2.45, 2.75) is 47.1 Å². The molecule has 0 fully saturated rings. The summed E-state index contributed by atoms with van der Waals surface area (Å²) in [6.07, 6.45) is 6.85. The Morgan fingerprint density at radius 1 is 1.12 bits per heavy atom. The number of benzene rings is 1. The van der Waals surface area contributed by atoms with E-state index in [1.165, 1.54) is 0 Å². The highest BCUT2D eigenvalue weighted by molar-refractivity contribution is 6.53. The van der Waals surface area contributed by atoms with Gasteiger partial charge in [0.1, 0.15) is 11.5 Å². The van der Waals surface area contributed by atoms with E-state index in [2.05, 4.69) is 26.0 Å². The van der Waals surface area contributed by atoms with Gasteiger partial charge in [-0.05, 0) is 43.4 Å². The Kier molecular flexibility index (Phi) is 6.95. The Hall–Kier alpha value is -1.94. The monoisotopic (exact) mass is 340 g/mol. The van der Waals surface area contributed by atoms with Crippen molar-refractivity contribution < 1.29 is 14.4 Å². The SMILES string of the molecule is CC[C@H](C)/C=C(\C)[C@H](O)[C@H](C)/C=C(C)/C=C/B1Oc2ccccc2O1. The Morgan fingerprint density at radius 2 is 1.72 bits per heavy atom. The predicted molar refractivity (Wildman–Crippen MR) is 105 cm³/mol. The van der Waals surface area contributed by atoms with Crippen LogP contribution >= 0.6 is 0 Å². The highest BCUT2D eigenvalue weighted by Crippen LogP contribution is 2.32. The van der Waals surface area contributed by atoms with Gasteiger partial charge in [0.25, 0.3) is 0 Å². The highest BCUT2D eigenvalue weighted by atomic mass is 16.6. The fourth-order valence-electron chi connectivity index (χ4n) is 2.87. The van der Waals surface area contributed by atoms with Crippen LogP contribution in [0.5, 0.6) is 11.5 Å². The molecule has 2 rings (SSSR count). The van der Waals surface area contributed by atoms with Crippen LogP contribution in [0.3, 0.4) is 0 Å². The van der Waals surface area contributed by atoms with Crippen molar-refractivity contribution >= 4 is 7.12 Å². The molecular weight excluding hydrogens is 311 g/mol. The van der Waals surface area contributed by atoms with Gasteiger partial charge in [-0.1, -0.05) is 63.1 Å². The molecule has 1 aromatic rings. The molecule has 1 aromatic carbocycles. The molecule has 25 heavy (non-hydrogen) atoms. The fraction of sp³-hybridized carbons (Fsp3) is 0.429. The molecule has 0 spiro atoms. The van der Waals surface area contributed by atoms with Crippen molar-refractivity contribution in [1.29, 1.82) is 0 Å². The van der Waals surface area contributed by atoms with Gasteiger partial charge in [-0.3, -0.25) is 0 Å². The van der Waals surface area contributed by atoms with Crippen LogP contribution in [0.2, 0.25) is 0 Å². The Bertz CT molecular complexity index is 638. The number of hydrogen-bond acceptors (Lipinski definition) is 3. The van der Waals surface area contributed by atoms with Gasteiger partial charge in [-0.25, -0.2) is 0 Å². The maximum absolute atomic E-state index is 10.5. The second-order valence-corrected chi connectivity index (χ2v) is 6.92. The van der Waals surface area contributed by atoms with Crippen LogP contribution in [0.4, 0.5) is 0 Å². The van der Waals surface area contributed by atoms with Crippen LogP contribution < -0.4 is 9.31 Å². The molecule has 0 aliphatic carbocycles. The minimum absolute atomic E-state index is 0.0487. The summed E-state index contributed by atoms with van der Waals surface area (Å²) >= 11 is 0. The highest BCUT2D eigenvalue weighted by Gasteiger charge is 2.28. The lowest BCUT2D eigenvalue weighted by Gasteiger charge is -2.18. The summed E-state index contributed by atoms with van der Waals surface area (Å²) in [5.41, 5.74) is 2.11. The topological polar surface area (TPSA) is 38.7 Å². The lowest BCUT2D eigenvalue weighted by atomic mass is 9.88. The number of hydrogen-bond donors (Lipinski definition) is 1. The summed E-state index contributed by atoms with van der Waals surface area (Å²) in [5.74, 6) is 3.98. The number of fused-ring (bicyclic) bond motifs is 1. The van der Waals surface area contributed by atoms with Crippen LogP contribution in [0.25, 0.3) is 0 Å². The molecule has 134 valence electrons. The molecule has 1 aliphatic heterocycles. The average Bonchev–Trinajstić information content (AvgIpc) is 3.01. The molecule has 0 bridgehead atoms. The van der Waals surface area contributed by atoms with Crippen molar-refractivity contribution in [3.63, 3.8) is 0 Å². The third-order valence-corrected chi connectivity index (χ3v) is 4.53. The molecule has 0 unspecified atom stereocenters. The van der Waals surface area contributed by atoms with Crippen LogP contribution in [0.15, 0.2) is 59.6 Å². The summed E-state index contributed by atoms with van der Waals surface area (Å²) in [7, 11) is -0.395. The molecule has 3 nitrogen and oxygen atoms in total. The zero-order valence-electron chi connectivity index (χ0n) is 15.9. The van der Waals surface area contributed by atoms with E-state index in [0.717, 1.165) is 29.1 Å². The van der Waals surface area contributed by atoms with Gasteiger partial charge in [-0.15, -0.1) is 0 Å². The first-order valence-corrected chi connectivity index (χ1v) is 9.06. The van der Waals surface area contributed by atoms with E-state index in [4.69, 9.17) is 9.31 Å². The normalized spacial score (nSPS) is 18.6. The number of allylic oxidation sites excluding steroid dienone is 3. The molecule has 0 saturated heterocycles. The molecule has 3 atom stereocenters. The molecule has 0 saturated carbocycles. The smallest absolute Gasteiger partial charge is 0.520 e. The molecule has 0 amide bonds. The molecule has 4 heteroatoms. The van der Waals surface area contributed by atoms with E-state index in [1.54, 1.807) is 0 Å². The predicted octanol–water partition coefficient (Wildman–Crippen LogP) is 4.98. The Balaban J connectivity index is 1.93. The first-order chi connectivity index (χ1) is 11.9. The molecule has 1 aliphatic rings. The number of para-hydroxylation sites is 2. The van der Waals surface area contributed by atoms with E-state index in [-0.39, 0.29) is 5.92 Å². The summed E-state index contributed by atoms with van der Waals surface area (Å²) in [6, 6.07) is 7.66. The Morgan fingerprint density at radius 3 is 2.28 bits per heavy atom. The lowest BCUT2D eigenvalue weighted by Crippen LogP contribution is -2.21. The molecule has 0 radical (unpaired) electrons. The van der Waals surface area contributed by atoms with Crippen LogP contribution in [-0.4, -0.2) is 18.3 Å². The largest absolute Gasteiger partial charge is 0.625 e. The second kappa shape index (κ2) is 8.96. The van der Waals surface area contributed by atoms with Crippen molar-refractivity contribution in [3.8, 4) is 11.5 Å². The third-order valence-electron chi connectivity index (χ3n) is 4.53. The van der Waals surface area contributed by atoms with Crippen molar-refractivity contribution in [3.05, 3.63) is 59.6 Å². The molecule has 1 heterocycles. The van der Waals surface area contributed by atoms with Gasteiger partial charge in [0.2, 0.25) is 0 Å². The van der Waals surface area contributed by atoms with Crippen LogP contribution in [0, 0.1) is 11.8 Å². The van der Waals surface area contributed by atoms with Gasteiger partial charge in [-0.2, -0.15) is 0 Å². The zero-order chi connectivity index (χ0) is 18.4. The quantitative estimate of drug-likeness (QED) is 0.432. The maximum atomic E-state index is 10.5. The van der Waals surface area contributed by atoms with Crippen molar-refractivity contribution in [2.24, 2.45) is 11.8 Å². The lowest BCUT2D eigenvalue weighted by molar-refractivity contribution is 0.172. The standard InChI is InChI=1S/C21H29BO3/c1-6-15(2)13-17(4)21(23)18(5)14-16(3)11-12-22-24-19-9-7-8-10-20(19)25-22/h7-15,18,21,23H,6H2,1-5H3/b12-11+,16-14+,17-13+/t15-,18+,21-/m0/s1. The first-order valence-electron chi connectivity index (χ1n) is 9.06. The van der Waals surface area contributed by atoms with Crippen LogP contribution in [-0.2, 0) is 0 Å². The summed E-state index contributed by atoms with van der Waals surface area (Å²) in [4.78, 5) is 0. The number of aliphatic hydroxyl groups excluding tert-OH is 1. The zero-order valence-corrected chi connectivity index (χ0v) is 15.9. The van der Waals surface area contributed by atoms with Gasteiger partial charge in [0.05, 0.1) is 6.10 Å². The van der Waals surface area contributed by atoms with E-state index < -0.39 is 13.2 Å². The van der Waals surface area contributed by atoms with Gasteiger partial charge >= 0.3 is 7.12 Å². The Labute approximate surface area is 152 Å². The van der Waals surface area contributed by atoms with Crippen molar-refractivity contribution in [1.82, 2.24) is 0 Å². The number of aliphatic hydroxyl groups is 1. The van der Waals surface area contributed by atoms with E-state index in [1.807, 2.05) is 57.1 Å². The van der Waals surface area contributed by atoms with Gasteiger partial charge in [0, 0.05) is 5.92 Å².